The van der Waals surface area contributed by atoms with Crippen LogP contribution in [-0.2, 0) is 17.8 Å². The van der Waals surface area contributed by atoms with Gasteiger partial charge in [-0.2, -0.15) is 0 Å². The first-order valence-electron chi connectivity index (χ1n) is 9.79. The molecule has 0 aromatic heterocycles. The van der Waals surface area contributed by atoms with Gasteiger partial charge in [0.05, 0.1) is 0 Å². The summed E-state index contributed by atoms with van der Waals surface area (Å²) in [7, 11) is 1.77. The molecule has 3 N–H and O–H groups in total. The van der Waals surface area contributed by atoms with E-state index in [4.69, 9.17) is 0 Å². The third-order valence-electron chi connectivity index (χ3n) is 4.42. The number of nitrogens with zero attached hydrogens (tertiary/aromatic N) is 1. The number of anilines is 1. The second-order valence-corrected chi connectivity index (χ2v) is 7.44. The minimum atomic E-state index is -0.0283. The van der Waals surface area contributed by atoms with Crippen molar-refractivity contribution in [2.45, 2.75) is 40.7 Å². The van der Waals surface area contributed by atoms with Gasteiger partial charge in [0, 0.05) is 31.7 Å². The lowest BCUT2D eigenvalue weighted by Gasteiger charge is -2.13. The maximum Gasteiger partial charge on any atom is 0.226 e. The van der Waals surface area contributed by atoms with Gasteiger partial charge < -0.3 is 16.0 Å². The van der Waals surface area contributed by atoms with E-state index in [1.165, 1.54) is 16.7 Å². The molecule has 2 rings (SSSR count). The summed E-state index contributed by atoms with van der Waals surface area (Å²) in [6, 6.07) is 14.5. The van der Waals surface area contributed by atoms with Crippen molar-refractivity contribution in [3.63, 3.8) is 0 Å². The Bertz CT molecular complexity index is 790. The van der Waals surface area contributed by atoms with E-state index in [2.05, 4.69) is 53.0 Å². The Morgan fingerprint density at radius 1 is 0.964 bits per heavy atom. The van der Waals surface area contributed by atoms with E-state index in [1.807, 2.05) is 38.1 Å². The van der Waals surface area contributed by atoms with Crippen molar-refractivity contribution in [1.29, 1.82) is 0 Å². The van der Waals surface area contributed by atoms with Crippen LogP contribution in [-0.4, -0.2) is 25.5 Å². The second kappa shape index (κ2) is 10.5. The topological polar surface area (TPSA) is 65.5 Å². The number of rotatable bonds is 7. The first kappa shape index (κ1) is 21.5. The van der Waals surface area contributed by atoms with Gasteiger partial charge >= 0.3 is 0 Å². The molecule has 0 aliphatic rings. The molecule has 0 heterocycles. The number of guanidine groups is 1. The normalized spacial score (nSPS) is 11.4. The van der Waals surface area contributed by atoms with Crippen LogP contribution in [0, 0.1) is 19.8 Å². The van der Waals surface area contributed by atoms with E-state index in [1.54, 1.807) is 7.05 Å². The fraction of sp³-hybridized carbons (Fsp3) is 0.391. The molecule has 0 saturated carbocycles. The molecule has 0 saturated heterocycles. The Morgan fingerprint density at radius 3 is 2.18 bits per heavy atom. The summed E-state index contributed by atoms with van der Waals surface area (Å²) < 4.78 is 0. The standard InChI is InChI=1S/C23H32N4O/c1-16(2)22(28)27-21-8-6-19(7-9-21)15-26-23(24-5)25-11-10-20-13-17(3)12-18(4)14-20/h6-9,12-14,16H,10-11,15H2,1-5H3,(H,27,28)(H2,24,25,26). The molecule has 0 unspecified atom stereocenters. The highest BCUT2D eigenvalue weighted by Gasteiger charge is 2.07. The SMILES string of the molecule is CN=C(NCCc1cc(C)cc(C)c1)NCc1ccc(NC(=O)C(C)C)cc1. The highest BCUT2D eigenvalue weighted by atomic mass is 16.1. The van der Waals surface area contributed by atoms with Crippen LogP contribution in [0.15, 0.2) is 47.5 Å². The average Bonchev–Trinajstić information content (AvgIpc) is 2.64. The van der Waals surface area contributed by atoms with Crippen LogP contribution in [0.5, 0.6) is 0 Å². The molecule has 150 valence electrons. The third-order valence-corrected chi connectivity index (χ3v) is 4.42. The number of aryl methyl sites for hydroxylation is 2. The number of aliphatic imine (C=N–C) groups is 1. The summed E-state index contributed by atoms with van der Waals surface area (Å²) in [5.41, 5.74) is 5.87. The molecule has 28 heavy (non-hydrogen) atoms. The van der Waals surface area contributed by atoms with Crippen LogP contribution in [0.2, 0.25) is 0 Å². The molecule has 0 atom stereocenters. The molecule has 5 heteroatoms. The second-order valence-electron chi connectivity index (χ2n) is 7.44. The quantitative estimate of drug-likeness (QED) is 0.506. The van der Waals surface area contributed by atoms with Crippen molar-refractivity contribution >= 4 is 17.6 Å². The largest absolute Gasteiger partial charge is 0.356 e. The van der Waals surface area contributed by atoms with Gasteiger partial charge in [0.25, 0.3) is 0 Å². The summed E-state index contributed by atoms with van der Waals surface area (Å²) in [6.07, 6.45) is 0.952. The number of benzene rings is 2. The fourth-order valence-corrected chi connectivity index (χ4v) is 2.94. The van der Waals surface area contributed by atoms with E-state index in [0.717, 1.165) is 30.2 Å². The zero-order chi connectivity index (χ0) is 20.5. The molecule has 0 bridgehead atoms. The lowest BCUT2D eigenvalue weighted by atomic mass is 10.1. The molecule has 0 aliphatic carbocycles. The molecule has 0 aliphatic heterocycles. The Labute approximate surface area is 168 Å². The minimum absolute atomic E-state index is 0.0271. The molecule has 2 aromatic carbocycles. The molecule has 1 amide bonds. The minimum Gasteiger partial charge on any atom is -0.356 e. The van der Waals surface area contributed by atoms with Crippen molar-refractivity contribution in [3.05, 3.63) is 64.7 Å². The first-order valence-corrected chi connectivity index (χ1v) is 9.79. The summed E-state index contributed by atoms with van der Waals surface area (Å²) >= 11 is 0. The van der Waals surface area contributed by atoms with Gasteiger partial charge in [0.2, 0.25) is 5.91 Å². The molecule has 5 nitrogen and oxygen atoms in total. The van der Waals surface area contributed by atoms with Crippen LogP contribution in [0.4, 0.5) is 5.69 Å². The van der Waals surface area contributed by atoms with Crippen LogP contribution in [0.3, 0.4) is 0 Å². The van der Waals surface area contributed by atoms with Crippen molar-refractivity contribution in [2.24, 2.45) is 10.9 Å². The molecular weight excluding hydrogens is 348 g/mol. The predicted octanol–water partition coefficient (Wildman–Crippen LogP) is 3.81. The van der Waals surface area contributed by atoms with Crippen LogP contribution < -0.4 is 16.0 Å². The summed E-state index contributed by atoms with van der Waals surface area (Å²) in [5.74, 6) is 0.778. The molecule has 2 aromatic rings. The van der Waals surface area contributed by atoms with Gasteiger partial charge in [-0.1, -0.05) is 55.3 Å². The van der Waals surface area contributed by atoms with E-state index >= 15 is 0 Å². The molecular formula is C23H32N4O. The Kier molecular flexibility index (Phi) is 8.05. The lowest BCUT2D eigenvalue weighted by molar-refractivity contribution is -0.118. The van der Waals surface area contributed by atoms with Gasteiger partial charge in [0.1, 0.15) is 0 Å². The van der Waals surface area contributed by atoms with Gasteiger partial charge in [0.15, 0.2) is 5.96 Å². The van der Waals surface area contributed by atoms with Gasteiger partial charge in [-0.3, -0.25) is 9.79 Å². The van der Waals surface area contributed by atoms with Crippen molar-refractivity contribution < 1.29 is 4.79 Å². The Morgan fingerprint density at radius 2 is 1.61 bits per heavy atom. The monoisotopic (exact) mass is 380 g/mol. The van der Waals surface area contributed by atoms with Crippen molar-refractivity contribution in [2.75, 3.05) is 18.9 Å². The number of hydrogen-bond donors (Lipinski definition) is 3. The fourth-order valence-electron chi connectivity index (χ4n) is 2.94. The first-order chi connectivity index (χ1) is 13.4. The molecule has 0 fully saturated rings. The highest BCUT2D eigenvalue weighted by Crippen LogP contribution is 2.11. The van der Waals surface area contributed by atoms with E-state index < -0.39 is 0 Å². The number of carbonyl (C=O) groups is 1. The van der Waals surface area contributed by atoms with Crippen LogP contribution >= 0.6 is 0 Å². The van der Waals surface area contributed by atoms with Crippen LogP contribution in [0.25, 0.3) is 0 Å². The highest BCUT2D eigenvalue weighted by molar-refractivity contribution is 5.92. The van der Waals surface area contributed by atoms with E-state index in [-0.39, 0.29) is 11.8 Å². The maximum absolute atomic E-state index is 11.7. The molecule has 0 radical (unpaired) electrons. The van der Waals surface area contributed by atoms with Crippen LogP contribution in [0.1, 0.15) is 36.1 Å². The van der Waals surface area contributed by atoms with E-state index in [9.17, 15) is 4.79 Å². The smallest absolute Gasteiger partial charge is 0.226 e. The summed E-state index contributed by atoms with van der Waals surface area (Å²) in [5, 5.41) is 9.58. The molecule has 0 spiro atoms. The Hall–Kier alpha value is -2.82. The number of amides is 1. The number of hydrogen-bond acceptors (Lipinski definition) is 2. The maximum atomic E-state index is 11.7. The van der Waals surface area contributed by atoms with Gasteiger partial charge in [-0.25, -0.2) is 0 Å². The van der Waals surface area contributed by atoms with Crippen molar-refractivity contribution in [3.8, 4) is 0 Å². The number of carbonyl (C=O) groups excluding carboxylic acids is 1. The third kappa shape index (κ3) is 7.06. The summed E-state index contributed by atoms with van der Waals surface area (Å²) in [6.45, 7) is 9.51. The lowest BCUT2D eigenvalue weighted by Crippen LogP contribution is -2.37. The van der Waals surface area contributed by atoms with Gasteiger partial charge in [-0.05, 0) is 43.5 Å². The number of nitrogens with one attached hydrogen (secondary N) is 3. The Balaban J connectivity index is 1.79. The van der Waals surface area contributed by atoms with E-state index in [0.29, 0.717) is 6.54 Å². The predicted molar refractivity (Wildman–Crippen MR) is 118 cm³/mol. The summed E-state index contributed by atoms with van der Waals surface area (Å²) in [4.78, 5) is 16.0. The average molecular weight is 381 g/mol. The zero-order valence-corrected chi connectivity index (χ0v) is 17.6. The van der Waals surface area contributed by atoms with Gasteiger partial charge in [-0.15, -0.1) is 0 Å². The van der Waals surface area contributed by atoms with Crippen molar-refractivity contribution in [1.82, 2.24) is 10.6 Å². The zero-order valence-electron chi connectivity index (χ0n) is 17.6.